The molecule has 29 heavy (non-hydrogen) atoms. The maximum absolute atomic E-state index is 12.9. The van der Waals surface area contributed by atoms with E-state index in [9.17, 15) is 9.59 Å². The fourth-order valence-corrected chi connectivity index (χ4v) is 5.09. The summed E-state index contributed by atoms with van der Waals surface area (Å²) in [6.45, 7) is 0. The Bertz CT molecular complexity index is 983. The lowest BCUT2D eigenvalue weighted by molar-refractivity contribution is -0.114. The zero-order chi connectivity index (χ0) is 20.4. The summed E-state index contributed by atoms with van der Waals surface area (Å²) in [4.78, 5) is 28.7. The zero-order valence-corrected chi connectivity index (χ0v) is 17.9. The number of likely N-dealkylation sites (N-methyl/N-ethyl adjacent to an activating group) is 1. The molecule has 1 fully saturated rings. The summed E-state index contributed by atoms with van der Waals surface area (Å²) in [6, 6.07) is 13.2. The van der Waals surface area contributed by atoms with Crippen LogP contribution in [-0.4, -0.2) is 24.9 Å². The maximum atomic E-state index is 12.9. The van der Waals surface area contributed by atoms with Gasteiger partial charge in [-0.3, -0.25) is 9.59 Å². The number of thioether (sulfide) groups is 1. The Kier molecular flexibility index (Phi) is 5.97. The number of carbonyl (C=O) groups is 2. The summed E-state index contributed by atoms with van der Waals surface area (Å²) < 4.78 is 0. The summed E-state index contributed by atoms with van der Waals surface area (Å²) in [7, 11) is 1.75. The Labute approximate surface area is 180 Å². The van der Waals surface area contributed by atoms with Crippen molar-refractivity contribution in [3.05, 3.63) is 63.5 Å². The average Bonchev–Trinajstić information content (AvgIpc) is 2.72. The van der Waals surface area contributed by atoms with Crippen LogP contribution in [0.25, 0.3) is 6.08 Å². The molecule has 2 aromatic carbocycles. The topological polar surface area (TPSA) is 49.4 Å². The average molecular weight is 427 g/mol. The van der Waals surface area contributed by atoms with Crippen LogP contribution in [0.5, 0.6) is 0 Å². The highest BCUT2D eigenvalue weighted by atomic mass is 35.5. The van der Waals surface area contributed by atoms with E-state index in [-0.39, 0.29) is 17.9 Å². The van der Waals surface area contributed by atoms with E-state index in [1.165, 1.54) is 31.0 Å². The molecular formula is C23H23ClN2O2S. The fourth-order valence-electron chi connectivity index (χ4n) is 3.80. The third-order valence-corrected chi connectivity index (χ3v) is 6.72. The molecule has 0 atom stereocenters. The zero-order valence-electron chi connectivity index (χ0n) is 16.3. The molecule has 0 saturated heterocycles. The van der Waals surface area contributed by atoms with Crippen LogP contribution in [-0.2, 0) is 4.79 Å². The molecule has 1 N–H and O–H groups in total. The smallest absolute Gasteiger partial charge is 0.264 e. The van der Waals surface area contributed by atoms with Crippen LogP contribution in [0.3, 0.4) is 0 Å². The number of halogens is 1. The first-order valence-corrected chi connectivity index (χ1v) is 11.1. The van der Waals surface area contributed by atoms with Crippen molar-refractivity contribution in [2.24, 2.45) is 0 Å². The normalized spacial score (nSPS) is 18.6. The summed E-state index contributed by atoms with van der Waals surface area (Å²) in [6.07, 6.45) is 7.53. The van der Waals surface area contributed by atoms with Crippen LogP contribution in [0.2, 0.25) is 5.02 Å². The minimum Gasteiger partial charge on any atom is -0.349 e. The second-order valence-electron chi connectivity index (χ2n) is 7.52. The van der Waals surface area contributed by atoms with Gasteiger partial charge < -0.3 is 10.2 Å². The van der Waals surface area contributed by atoms with E-state index < -0.39 is 0 Å². The van der Waals surface area contributed by atoms with Crippen molar-refractivity contribution in [2.75, 3.05) is 11.9 Å². The first-order valence-electron chi connectivity index (χ1n) is 9.89. The predicted octanol–water partition coefficient (Wildman–Crippen LogP) is 5.51. The van der Waals surface area contributed by atoms with E-state index in [2.05, 4.69) is 5.32 Å². The van der Waals surface area contributed by atoms with Crippen LogP contribution in [0, 0.1) is 0 Å². The van der Waals surface area contributed by atoms with Crippen LogP contribution in [0.15, 0.2) is 52.3 Å². The predicted molar refractivity (Wildman–Crippen MR) is 119 cm³/mol. The Morgan fingerprint density at radius 3 is 2.72 bits per heavy atom. The second-order valence-corrected chi connectivity index (χ2v) is 9.04. The van der Waals surface area contributed by atoms with E-state index in [0.717, 1.165) is 29.0 Å². The number of nitrogens with one attached hydrogen (secondary N) is 1. The lowest BCUT2D eigenvalue weighted by Gasteiger charge is -2.28. The maximum Gasteiger partial charge on any atom is 0.264 e. The highest BCUT2D eigenvalue weighted by Gasteiger charge is 2.27. The molecule has 0 unspecified atom stereocenters. The molecule has 0 radical (unpaired) electrons. The van der Waals surface area contributed by atoms with Crippen LogP contribution in [0.4, 0.5) is 5.69 Å². The van der Waals surface area contributed by atoms with Gasteiger partial charge in [-0.1, -0.05) is 54.8 Å². The van der Waals surface area contributed by atoms with Crippen molar-refractivity contribution in [2.45, 2.75) is 43.0 Å². The quantitative estimate of drug-likeness (QED) is 0.658. The highest BCUT2D eigenvalue weighted by Crippen LogP contribution is 2.42. The van der Waals surface area contributed by atoms with E-state index in [0.29, 0.717) is 15.5 Å². The fraction of sp³-hybridized carbons (Fsp3) is 0.304. The summed E-state index contributed by atoms with van der Waals surface area (Å²) in [5, 5.41) is 3.78. The van der Waals surface area contributed by atoms with Gasteiger partial charge in [0, 0.05) is 28.6 Å². The number of benzene rings is 2. The summed E-state index contributed by atoms with van der Waals surface area (Å²) in [5.41, 5.74) is 2.24. The molecule has 2 aliphatic rings. The number of carbonyl (C=O) groups excluding carboxylic acids is 2. The van der Waals surface area contributed by atoms with Gasteiger partial charge in [-0.25, -0.2) is 0 Å². The molecule has 0 aromatic heterocycles. The van der Waals surface area contributed by atoms with Crippen LogP contribution >= 0.6 is 23.4 Å². The van der Waals surface area contributed by atoms with E-state index in [4.69, 9.17) is 11.6 Å². The molecule has 1 heterocycles. The monoisotopic (exact) mass is 426 g/mol. The molecule has 0 bridgehead atoms. The first-order chi connectivity index (χ1) is 14.0. The number of hydrogen-bond donors (Lipinski definition) is 1. The molecule has 4 rings (SSSR count). The third-order valence-electron chi connectivity index (χ3n) is 5.40. The van der Waals surface area contributed by atoms with Gasteiger partial charge in [-0.15, -0.1) is 0 Å². The standard InChI is InChI=1S/C23H23ClN2O2S/c1-26-19-14-16(22(27)25-18-8-3-2-4-9-18)10-11-20(19)29-21(23(26)28)13-15-6-5-7-17(24)12-15/h5-7,10-14,18H,2-4,8-9H2,1H3,(H,25,27)/b21-13-. The summed E-state index contributed by atoms with van der Waals surface area (Å²) >= 11 is 7.48. The van der Waals surface area contributed by atoms with Crippen molar-refractivity contribution in [3.8, 4) is 0 Å². The van der Waals surface area contributed by atoms with Crippen molar-refractivity contribution in [1.82, 2.24) is 5.32 Å². The number of nitrogens with zero attached hydrogens (tertiary/aromatic N) is 1. The van der Waals surface area contributed by atoms with Gasteiger partial charge in [0.1, 0.15) is 0 Å². The number of hydrogen-bond acceptors (Lipinski definition) is 3. The van der Waals surface area contributed by atoms with E-state index >= 15 is 0 Å². The lowest BCUT2D eigenvalue weighted by Crippen LogP contribution is -2.36. The highest BCUT2D eigenvalue weighted by molar-refractivity contribution is 8.04. The molecule has 150 valence electrons. The first kappa shape index (κ1) is 20.0. The van der Waals surface area contributed by atoms with Gasteiger partial charge in [0.05, 0.1) is 10.6 Å². The second kappa shape index (κ2) is 8.64. The molecule has 0 spiro atoms. The van der Waals surface area contributed by atoms with Gasteiger partial charge >= 0.3 is 0 Å². The van der Waals surface area contributed by atoms with Crippen molar-refractivity contribution < 1.29 is 9.59 Å². The number of anilines is 1. The molecule has 1 aliphatic carbocycles. The lowest BCUT2D eigenvalue weighted by atomic mass is 9.95. The Hall–Kier alpha value is -2.24. The molecule has 4 nitrogen and oxygen atoms in total. The number of fused-ring (bicyclic) bond motifs is 1. The Morgan fingerprint density at radius 2 is 1.97 bits per heavy atom. The molecule has 2 aromatic rings. The van der Waals surface area contributed by atoms with Crippen LogP contribution < -0.4 is 10.2 Å². The van der Waals surface area contributed by atoms with Crippen molar-refractivity contribution in [1.29, 1.82) is 0 Å². The summed E-state index contributed by atoms with van der Waals surface area (Å²) in [5.74, 6) is -0.155. The van der Waals surface area contributed by atoms with Gasteiger partial charge in [0.25, 0.3) is 11.8 Å². The molecular weight excluding hydrogens is 404 g/mol. The minimum absolute atomic E-state index is 0.0641. The molecule has 1 aliphatic heterocycles. The van der Waals surface area contributed by atoms with Crippen molar-refractivity contribution >= 4 is 46.9 Å². The molecule has 6 heteroatoms. The van der Waals surface area contributed by atoms with Crippen molar-refractivity contribution in [3.63, 3.8) is 0 Å². The Morgan fingerprint density at radius 1 is 1.17 bits per heavy atom. The minimum atomic E-state index is -0.0904. The molecule has 1 saturated carbocycles. The number of amides is 2. The third kappa shape index (κ3) is 4.51. The van der Waals surface area contributed by atoms with Gasteiger partial charge in [-0.2, -0.15) is 0 Å². The largest absolute Gasteiger partial charge is 0.349 e. The SMILES string of the molecule is CN1C(=O)/C(=C/c2cccc(Cl)c2)Sc2ccc(C(=O)NC3CCCCC3)cc21. The van der Waals surface area contributed by atoms with Gasteiger partial charge in [0.2, 0.25) is 0 Å². The van der Waals surface area contributed by atoms with E-state index in [1.807, 2.05) is 42.5 Å². The van der Waals surface area contributed by atoms with Gasteiger partial charge in [0.15, 0.2) is 0 Å². The van der Waals surface area contributed by atoms with E-state index in [1.54, 1.807) is 18.0 Å². The number of rotatable bonds is 3. The Balaban J connectivity index is 1.56. The van der Waals surface area contributed by atoms with Crippen LogP contribution in [0.1, 0.15) is 48.0 Å². The van der Waals surface area contributed by atoms with Gasteiger partial charge in [-0.05, 0) is 54.8 Å². The molecule has 2 amide bonds.